The summed E-state index contributed by atoms with van der Waals surface area (Å²) in [7, 11) is 0. The van der Waals surface area contributed by atoms with Crippen molar-refractivity contribution in [1.29, 1.82) is 5.53 Å². The number of aliphatic carboxylic acids is 2. The van der Waals surface area contributed by atoms with E-state index in [4.69, 9.17) is 5.53 Å². The van der Waals surface area contributed by atoms with Gasteiger partial charge in [0.2, 0.25) is 5.91 Å². The molecule has 3 rings (SSSR count). The van der Waals surface area contributed by atoms with Gasteiger partial charge in [-0.15, -0.1) is 0 Å². The summed E-state index contributed by atoms with van der Waals surface area (Å²) in [6.45, 7) is 5.89. The molecular weight excluding hydrogens is 572 g/mol. The van der Waals surface area contributed by atoms with Crippen LogP contribution in [0.2, 0.25) is 0 Å². The topological polar surface area (TPSA) is 201 Å². The molecule has 0 unspecified atom stereocenters. The minimum absolute atomic E-state index is 0.0929. The van der Waals surface area contributed by atoms with E-state index in [2.05, 4.69) is 10.4 Å². The van der Waals surface area contributed by atoms with Gasteiger partial charge in [0.05, 0.1) is 13.0 Å². The van der Waals surface area contributed by atoms with Crippen molar-refractivity contribution in [2.75, 3.05) is 0 Å². The molecule has 5 amide bonds. The Hall–Kier alpha value is -5.14. The molecular formula is C30H36N6O8. The van der Waals surface area contributed by atoms with E-state index >= 15 is 0 Å². The fraction of sp³-hybridized carbons (Fsp3) is 0.400. The van der Waals surface area contributed by atoms with Gasteiger partial charge in [0.1, 0.15) is 11.6 Å². The van der Waals surface area contributed by atoms with Gasteiger partial charge < -0.3 is 15.5 Å². The lowest BCUT2D eigenvalue weighted by atomic mass is 9.89. The molecule has 4 N–H and O–H groups in total. The summed E-state index contributed by atoms with van der Waals surface area (Å²) in [4.78, 5) is 80.3. The summed E-state index contributed by atoms with van der Waals surface area (Å²) < 4.78 is 0. The lowest BCUT2D eigenvalue weighted by Crippen LogP contribution is -2.62. The van der Waals surface area contributed by atoms with E-state index in [1.165, 1.54) is 11.8 Å². The molecule has 1 aliphatic rings. The Balaban J connectivity index is 2.26. The number of rotatable bonds is 14. The fourth-order valence-corrected chi connectivity index (χ4v) is 5.12. The summed E-state index contributed by atoms with van der Waals surface area (Å²) in [6, 6.07) is 10.7. The van der Waals surface area contributed by atoms with Crippen LogP contribution in [0.5, 0.6) is 0 Å². The smallest absolute Gasteiger partial charge is 0.347 e. The number of urea groups is 1. The molecule has 0 aliphatic carbocycles. The van der Waals surface area contributed by atoms with Gasteiger partial charge in [0, 0.05) is 13.5 Å². The molecule has 2 aromatic rings. The number of amides is 5. The maximum atomic E-state index is 14.5. The van der Waals surface area contributed by atoms with Crippen LogP contribution in [0.25, 0.3) is 0 Å². The SMILES string of the molecule is CC(=O)N[C@@H](CC(=O)O)C(=O)N([C@@H](CC(C)C)C(=O)O)N1C(=O)N(Cc2ccccc2)[C@](C)(c2ccc(CN=N)cc2)C1=O. The van der Waals surface area contributed by atoms with Crippen LogP contribution in [0.15, 0.2) is 59.7 Å². The van der Waals surface area contributed by atoms with Crippen molar-refractivity contribution in [1.82, 2.24) is 20.2 Å². The molecule has 0 bridgehead atoms. The summed E-state index contributed by atoms with van der Waals surface area (Å²) in [5.41, 5.74) is 7.04. The number of imide groups is 1. The predicted octanol–water partition coefficient (Wildman–Crippen LogP) is 3.12. The second kappa shape index (κ2) is 13.9. The van der Waals surface area contributed by atoms with Crippen molar-refractivity contribution >= 4 is 35.7 Å². The first-order chi connectivity index (χ1) is 20.7. The fourth-order valence-electron chi connectivity index (χ4n) is 5.12. The van der Waals surface area contributed by atoms with Crippen LogP contribution >= 0.6 is 0 Å². The van der Waals surface area contributed by atoms with Gasteiger partial charge in [-0.25, -0.2) is 20.1 Å². The number of carbonyl (C=O) groups is 6. The average molecular weight is 609 g/mol. The highest BCUT2D eigenvalue weighted by molar-refractivity contribution is 6.09. The number of carbonyl (C=O) groups excluding carboxylic acids is 4. The molecule has 1 aliphatic heterocycles. The first-order valence-electron chi connectivity index (χ1n) is 13.9. The molecule has 14 heteroatoms. The van der Waals surface area contributed by atoms with Crippen molar-refractivity contribution in [2.45, 2.75) is 71.2 Å². The van der Waals surface area contributed by atoms with E-state index in [-0.39, 0.29) is 25.4 Å². The Morgan fingerprint density at radius 1 is 1.00 bits per heavy atom. The zero-order valence-corrected chi connectivity index (χ0v) is 24.9. The number of nitrogens with one attached hydrogen (secondary N) is 2. The summed E-state index contributed by atoms with van der Waals surface area (Å²) in [6.07, 6.45) is -1.12. The zero-order chi connectivity index (χ0) is 32.8. The lowest BCUT2D eigenvalue weighted by Gasteiger charge is -2.37. The first kappa shape index (κ1) is 33.4. The minimum Gasteiger partial charge on any atom is -0.481 e. The predicted molar refractivity (Wildman–Crippen MR) is 154 cm³/mol. The van der Waals surface area contributed by atoms with E-state index < -0.39 is 59.7 Å². The molecule has 44 heavy (non-hydrogen) atoms. The van der Waals surface area contributed by atoms with Crippen LogP contribution in [0, 0.1) is 11.4 Å². The standard InChI is InChI=1S/C30H36N6O8/c1-18(2)14-24(27(41)42)35(26(40)23(15-25(38)39)33-19(3)37)36-28(43)30(4,22-12-10-20(11-13-22)16-32-31)34(29(36)44)17-21-8-6-5-7-9-21/h5-13,18,23-24,31H,14-17H2,1-4H3,(H,33,37)(H,38,39)(H,41,42)/t23-,24-,30+/m0/s1. The van der Waals surface area contributed by atoms with Crippen molar-refractivity contribution in [2.24, 2.45) is 11.0 Å². The summed E-state index contributed by atoms with van der Waals surface area (Å²) in [5.74, 6) is -6.29. The van der Waals surface area contributed by atoms with Gasteiger partial charge in [0.25, 0.3) is 11.8 Å². The highest BCUT2D eigenvalue weighted by Crippen LogP contribution is 2.40. The second-order valence-electron chi connectivity index (χ2n) is 11.1. The highest BCUT2D eigenvalue weighted by atomic mass is 16.4. The number of nitrogens with zero attached hydrogens (tertiary/aromatic N) is 4. The van der Waals surface area contributed by atoms with Crippen LogP contribution in [0.3, 0.4) is 0 Å². The van der Waals surface area contributed by atoms with Crippen molar-refractivity contribution in [3.63, 3.8) is 0 Å². The van der Waals surface area contributed by atoms with Crippen molar-refractivity contribution in [3.05, 3.63) is 71.3 Å². The number of hydrazine groups is 1. The monoisotopic (exact) mass is 608 g/mol. The Kier molecular flexibility index (Phi) is 10.5. The number of carboxylic acids is 2. The van der Waals surface area contributed by atoms with Crippen LogP contribution in [0.4, 0.5) is 4.79 Å². The molecule has 234 valence electrons. The molecule has 0 saturated carbocycles. The van der Waals surface area contributed by atoms with Gasteiger partial charge in [-0.3, -0.25) is 24.1 Å². The molecule has 2 aromatic carbocycles. The third kappa shape index (κ3) is 7.07. The minimum atomic E-state index is -1.78. The number of hydrogen-bond donors (Lipinski definition) is 4. The average Bonchev–Trinajstić information content (AvgIpc) is 3.13. The van der Waals surface area contributed by atoms with E-state index in [0.29, 0.717) is 26.7 Å². The maximum Gasteiger partial charge on any atom is 0.347 e. The van der Waals surface area contributed by atoms with Gasteiger partial charge in [-0.1, -0.05) is 68.4 Å². The Morgan fingerprint density at radius 2 is 1.61 bits per heavy atom. The highest BCUT2D eigenvalue weighted by Gasteiger charge is 2.60. The third-order valence-electron chi connectivity index (χ3n) is 7.29. The van der Waals surface area contributed by atoms with Crippen molar-refractivity contribution in [3.8, 4) is 0 Å². The Morgan fingerprint density at radius 3 is 2.11 bits per heavy atom. The molecule has 0 spiro atoms. The summed E-state index contributed by atoms with van der Waals surface area (Å²) in [5, 5.41) is 26.3. The van der Waals surface area contributed by atoms with Crippen molar-refractivity contribution < 1.29 is 39.0 Å². The molecule has 0 radical (unpaired) electrons. The van der Waals surface area contributed by atoms with Crippen LogP contribution in [0.1, 0.15) is 57.2 Å². The summed E-state index contributed by atoms with van der Waals surface area (Å²) >= 11 is 0. The number of carboxylic acid groups (broad SMARTS) is 2. The van der Waals surface area contributed by atoms with Crippen LogP contribution in [-0.4, -0.2) is 72.9 Å². The van der Waals surface area contributed by atoms with Crippen LogP contribution in [-0.2, 0) is 42.6 Å². The van der Waals surface area contributed by atoms with Gasteiger partial charge in [0.15, 0.2) is 6.04 Å². The molecule has 1 saturated heterocycles. The number of hydrogen-bond acceptors (Lipinski definition) is 8. The normalized spacial score (nSPS) is 17.8. The zero-order valence-electron chi connectivity index (χ0n) is 24.9. The lowest BCUT2D eigenvalue weighted by molar-refractivity contribution is -0.172. The molecule has 0 aromatic heterocycles. The maximum absolute atomic E-state index is 14.5. The largest absolute Gasteiger partial charge is 0.481 e. The van der Waals surface area contributed by atoms with Gasteiger partial charge >= 0.3 is 18.0 Å². The van der Waals surface area contributed by atoms with E-state index in [1.54, 1.807) is 68.4 Å². The molecule has 3 atom stereocenters. The van der Waals surface area contributed by atoms with Crippen LogP contribution < -0.4 is 5.32 Å². The van der Waals surface area contributed by atoms with Gasteiger partial charge in [-0.2, -0.15) is 10.1 Å². The van der Waals surface area contributed by atoms with Gasteiger partial charge in [-0.05, 0) is 36.0 Å². The molecule has 1 heterocycles. The quantitative estimate of drug-likeness (QED) is 0.185. The second-order valence-corrected chi connectivity index (χ2v) is 11.1. The van der Waals surface area contributed by atoms with E-state index in [9.17, 15) is 39.0 Å². The Labute approximate surface area is 254 Å². The number of benzene rings is 2. The molecule has 14 nitrogen and oxygen atoms in total. The van der Waals surface area contributed by atoms with E-state index in [0.717, 1.165) is 6.92 Å². The first-order valence-corrected chi connectivity index (χ1v) is 13.9. The Bertz CT molecular complexity index is 1410. The van der Waals surface area contributed by atoms with E-state index in [1.807, 2.05) is 0 Å². The third-order valence-corrected chi connectivity index (χ3v) is 7.29. The molecule has 1 fully saturated rings.